The van der Waals surface area contributed by atoms with Crippen LogP contribution in [0.3, 0.4) is 0 Å². The SMILES string of the molecule is CC[C@@H]1CN(C(=O)O)CCN1C(=O)Cl. The molecule has 1 fully saturated rings. The van der Waals surface area contributed by atoms with Gasteiger partial charge in [-0.25, -0.2) is 4.79 Å². The van der Waals surface area contributed by atoms with Crippen molar-refractivity contribution in [2.45, 2.75) is 19.4 Å². The van der Waals surface area contributed by atoms with Gasteiger partial charge in [0, 0.05) is 19.6 Å². The van der Waals surface area contributed by atoms with E-state index in [1.807, 2.05) is 6.92 Å². The summed E-state index contributed by atoms with van der Waals surface area (Å²) in [5, 5.41) is 8.27. The van der Waals surface area contributed by atoms with Crippen LogP contribution in [-0.2, 0) is 0 Å². The van der Waals surface area contributed by atoms with E-state index in [1.165, 1.54) is 9.80 Å². The number of hydrogen-bond donors (Lipinski definition) is 1. The summed E-state index contributed by atoms with van der Waals surface area (Å²) in [6.07, 6.45) is -0.229. The Kier molecular flexibility index (Phi) is 3.57. The topological polar surface area (TPSA) is 60.9 Å². The van der Waals surface area contributed by atoms with Gasteiger partial charge in [0.15, 0.2) is 0 Å². The van der Waals surface area contributed by atoms with Crippen LogP contribution in [-0.4, -0.2) is 52.0 Å². The van der Waals surface area contributed by atoms with Gasteiger partial charge in [-0.2, -0.15) is 0 Å². The van der Waals surface area contributed by atoms with E-state index in [-0.39, 0.29) is 6.04 Å². The maximum atomic E-state index is 11.0. The second-order valence-corrected chi connectivity index (χ2v) is 3.56. The van der Waals surface area contributed by atoms with Crippen molar-refractivity contribution in [1.29, 1.82) is 0 Å². The molecule has 0 bridgehead atoms. The predicted molar refractivity (Wildman–Crippen MR) is 51.6 cm³/mol. The Bertz CT molecular complexity index is 247. The van der Waals surface area contributed by atoms with Gasteiger partial charge in [-0.15, -0.1) is 0 Å². The van der Waals surface area contributed by atoms with E-state index in [4.69, 9.17) is 16.7 Å². The third-order valence-corrected chi connectivity index (χ3v) is 2.67. The van der Waals surface area contributed by atoms with E-state index >= 15 is 0 Å². The van der Waals surface area contributed by atoms with Crippen molar-refractivity contribution < 1.29 is 14.7 Å². The average Bonchev–Trinajstić information content (AvgIpc) is 2.16. The quantitative estimate of drug-likeness (QED) is 0.537. The van der Waals surface area contributed by atoms with Crippen LogP contribution in [0.15, 0.2) is 0 Å². The number of rotatable bonds is 1. The maximum Gasteiger partial charge on any atom is 0.407 e. The van der Waals surface area contributed by atoms with Crippen LogP contribution in [0.5, 0.6) is 0 Å². The highest BCUT2D eigenvalue weighted by Crippen LogP contribution is 2.14. The molecule has 14 heavy (non-hydrogen) atoms. The number of nitrogens with zero attached hydrogens (tertiary/aromatic N) is 2. The normalized spacial score (nSPS) is 22.3. The summed E-state index contributed by atoms with van der Waals surface area (Å²) in [7, 11) is 0. The van der Waals surface area contributed by atoms with Crippen molar-refractivity contribution in [2.75, 3.05) is 19.6 Å². The fourth-order valence-electron chi connectivity index (χ4n) is 1.61. The summed E-state index contributed by atoms with van der Waals surface area (Å²) in [5.74, 6) is 0. The lowest BCUT2D eigenvalue weighted by Crippen LogP contribution is -2.54. The number of carboxylic acid groups (broad SMARTS) is 1. The lowest BCUT2D eigenvalue weighted by atomic mass is 10.1. The molecule has 1 N–H and O–H groups in total. The third kappa shape index (κ3) is 2.29. The van der Waals surface area contributed by atoms with E-state index in [2.05, 4.69) is 0 Å². The van der Waals surface area contributed by atoms with Gasteiger partial charge in [-0.3, -0.25) is 4.79 Å². The number of hydrogen-bond acceptors (Lipinski definition) is 2. The molecule has 0 radical (unpaired) electrons. The molecule has 1 rings (SSSR count). The first-order valence-corrected chi connectivity index (χ1v) is 4.88. The molecule has 1 aliphatic rings. The molecule has 1 heterocycles. The number of halogens is 1. The lowest BCUT2D eigenvalue weighted by Gasteiger charge is -2.38. The smallest absolute Gasteiger partial charge is 0.407 e. The first-order valence-electron chi connectivity index (χ1n) is 4.50. The van der Waals surface area contributed by atoms with Gasteiger partial charge in [0.25, 0.3) is 0 Å². The fourth-order valence-corrected chi connectivity index (χ4v) is 1.83. The Morgan fingerprint density at radius 1 is 1.50 bits per heavy atom. The van der Waals surface area contributed by atoms with Crippen molar-refractivity contribution in [3.05, 3.63) is 0 Å². The molecule has 5 nitrogen and oxygen atoms in total. The maximum absolute atomic E-state index is 11.0. The zero-order chi connectivity index (χ0) is 10.7. The largest absolute Gasteiger partial charge is 0.465 e. The van der Waals surface area contributed by atoms with E-state index in [1.54, 1.807) is 0 Å². The predicted octanol–water partition coefficient (Wildman–Crippen LogP) is 1.42. The van der Waals surface area contributed by atoms with E-state index < -0.39 is 11.5 Å². The van der Waals surface area contributed by atoms with Crippen LogP contribution in [0.4, 0.5) is 9.59 Å². The number of carbonyl (C=O) groups is 2. The van der Waals surface area contributed by atoms with E-state index in [0.717, 1.165) is 0 Å². The molecule has 6 heteroatoms. The standard InChI is InChI=1S/C8H13ClN2O3/c1-2-6-5-10(8(13)14)3-4-11(6)7(9)12/h6H,2-5H2,1H3,(H,13,14)/t6-/m1/s1. The molecule has 80 valence electrons. The molecule has 0 aromatic carbocycles. The Morgan fingerprint density at radius 2 is 2.14 bits per heavy atom. The summed E-state index contributed by atoms with van der Waals surface area (Å²) in [6.45, 7) is 2.98. The monoisotopic (exact) mass is 220 g/mol. The fraction of sp³-hybridized carbons (Fsp3) is 0.750. The van der Waals surface area contributed by atoms with Crippen LogP contribution in [0.1, 0.15) is 13.3 Å². The van der Waals surface area contributed by atoms with Crippen LogP contribution in [0.2, 0.25) is 0 Å². The molecule has 0 saturated carbocycles. The summed E-state index contributed by atoms with van der Waals surface area (Å²) in [4.78, 5) is 24.5. The minimum Gasteiger partial charge on any atom is -0.465 e. The van der Waals surface area contributed by atoms with Crippen molar-refractivity contribution in [3.63, 3.8) is 0 Å². The zero-order valence-corrected chi connectivity index (χ0v) is 8.70. The van der Waals surface area contributed by atoms with Crippen LogP contribution in [0, 0.1) is 0 Å². The molecular formula is C8H13ClN2O3. The van der Waals surface area contributed by atoms with Gasteiger partial charge >= 0.3 is 11.5 Å². The summed E-state index contributed by atoms with van der Waals surface area (Å²) in [5.41, 5.74) is 0. The summed E-state index contributed by atoms with van der Waals surface area (Å²) >= 11 is 5.38. The van der Waals surface area contributed by atoms with Crippen LogP contribution >= 0.6 is 11.6 Å². The van der Waals surface area contributed by atoms with Gasteiger partial charge in [-0.05, 0) is 18.0 Å². The highest BCUT2D eigenvalue weighted by atomic mass is 35.5. The molecule has 1 aliphatic heterocycles. The Hall–Kier alpha value is -0.970. The van der Waals surface area contributed by atoms with E-state index in [0.29, 0.717) is 26.1 Å². The highest BCUT2D eigenvalue weighted by molar-refractivity contribution is 6.62. The molecule has 2 amide bonds. The van der Waals surface area contributed by atoms with Crippen LogP contribution in [0.25, 0.3) is 0 Å². The Balaban J connectivity index is 2.63. The molecule has 0 aromatic heterocycles. The minimum atomic E-state index is -0.940. The van der Waals surface area contributed by atoms with Gasteiger partial charge in [0.1, 0.15) is 0 Å². The molecule has 0 unspecified atom stereocenters. The molecule has 0 spiro atoms. The van der Waals surface area contributed by atoms with Crippen molar-refractivity contribution in [1.82, 2.24) is 9.80 Å². The lowest BCUT2D eigenvalue weighted by molar-refractivity contribution is 0.0888. The van der Waals surface area contributed by atoms with Gasteiger partial charge in [-0.1, -0.05) is 6.92 Å². The first kappa shape index (κ1) is 11.1. The molecule has 0 aliphatic carbocycles. The summed E-state index contributed by atoms with van der Waals surface area (Å²) < 4.78 is 0. The van der Waals surface area contributed by atoms with Gasteiger partial charge < -0.3 is 14.9 Å². The highest BCUT2D eigenvalue weighted by Gasteiger charge is 2.30. The average molecular weight is 221 g/mol. The third-order valence-electron chi connectivity index (χ3n) is 2.45. The Labute approximate surface area is 87.2 Å². The second kappa shape index (κ2) is 4.50. The summed E-state index contributed by atoms with van der Waals surface area (Å²) in [6, 6.07) is -0.0927. The van der Waals surface area contributed by atoms with Gasteiger partial charge in [0.05, 0.1) is 6.04 Å². The zero-order valence-electron chi connectivity index (χ0n) is 7.94. The van der Waals surface area contributed by atoms with Gasteiger partial charge in [0.2, 0.25) is 0 Å². The first-order chi connectivity index (χ1) is 6.56. The number of carbonyl (C=O) groups excluding carboxylic acids is 1. The number of piperazine rings is 1. The Morgan fingerprint density at radius 3 is 2.57 bits per heavy atom. The molecule has 1 saturated heterocycles. The van der Waals surface area contributed by atoms with Crippen LogP contribution < -0.4 is 0 Å². The van der Waals surface area contributed by atoms with Crippen molar-refractivity contribution >= 4 is 23.1 Å². The second-order valence-electron chi connectivity index (χ2n) is 3.24. The van der Waals surface area contributed by atoms with Crippen molar-refractivity contribution in [2.24, 2.45) is 0 Å². The number of amides is 2. The molecule has 0 aromatic rings. The molecule has 1 atom stereocenters. The minimum absolute atomic E-state index is 0.0927. The molecular weight excluding hydrogens is 208 g/mol. The van der Waals surface area contributed by atoms with Crippen molar-refractivity contribution in [3.8, 4) is 0 Å². The van der Waals surface area contributed by atoms with E-state index in [9.17, 15) is 9.59 Å².